The maximum atomic E-state index is 11.5. The summed E-state index contributed by atoms with van der Waals surface area (Å²) in [6.07, 6.45) is 1.59. The number of carbonyl (C=O) groups is 1. The summed E-state index contributed by atoms with van der Waals surface area (Å²) in [6.45, 7) is 4.69. The van der Waals surface area contributed by atoms with Crippen LogP contribution in [0.5, 0.6) is 0 Å². The van der Waals surface area contributed by atoms with E-state index in [9.17, 15) is 9.90 Å². The van der Waals surface area contributed by atoms with E-state index in [0.29, 0.717) is 5.82 Å². The Morgan fingerprint density at radius 3 is 2.67 bits per heavy atom. The molecule has 0 aromatic carbocycles. The molecule has 15 heavy (non-hydrogen) atoms. The first-order valence-corrected chi connectivity index (χ1v) is 5.26. The number of amides is 1. The highest BCUT2D eigenvalue weighted by atomic mass is 79.9. The third-order valence-electron chi connectivity index (χ3n) is 1.83. The van der Waals surface area contributed by atoms with Crippen molar-refractivity contribution in [3.63, 3.8) is 0 Å². The molecule has 1 rings (SSSR count). The lowest BCUT2D eigenvalue weighted by Crippen LogP contribution is -2.37. The van der Waals surface area contributed by atoms with E-state index in [-0.39, 0.29) is 0 Å². The Bertz CT molecular complexity index is 385. The summed E-state index contributed by atoms with van der Waals surface area (Å²) in [6, 6.07) is 1.84. The number of hydrogen-bond donors (Lipinski definition) is 2. The molecular weight excluding hydrogens is 260 g/mol. The summed E-state index contributed by atoms with van der Waals surface area (Å²) in [5, 5.41) is 12.0. The van der Waals surface area contributed by atoms with Crippen molar-refractivity contribution in [3.8, 4) is 0 Å². The molecule has 0 radical (unpaired) electrons. The van der Waals surface area contributed by atoms with Gasteiger partial charge in [0, 0.05) is 10.7 Å². The van der Waals surface area contributed by atoms with E-state index in [2.05, 4.69) is 26.2 Å². The van der Waals surface area contributed by atoms with Gasteiger partial charge in [0.1, 0.15) is 11.4 Å². The third kappa shape index (κ3) is 3.28. The number of aryl methyl sites for hydroxylation is 1. The SMILES string of the molecule is Cc1cc(Br)cnc1NC(=O)C(C)(C)O. The van der Waals surface area contributed by atoms with E-state index in [1.807, 2.05) is 13.0 Å². The van der Waals surface area contributed by atoms with E-state index in [1.165, 1.54) is 13.8 Å². The Morgan fingerprint density at radius 1 is 1.60 bits per heavy atom. The molecule has 0 bridgehead atoms. The number of hydrogen-bond acceptors (Lipinski definition) is 3. The molecule has 0 fully saturated rings. The monoisotopic (exact) mass is 272 g/mol. The fourth-order valence-corrected chi connectivity index (χ4v) is 1.38. The molecule has 1 aromatic rings. The van der Waals surface area contributed by atoms with Crippen LogP contribution in [0.25, 0.3) is 0 Å². The molecule has 4 nitrogen and oxygen atoms in total. The number of aromatic nitrogens is 1. The predicted molar refractivity (Wildman–Crippen MR) is 61.6 cm³/mol. The van der Waals surface area contributed by atoms with E-state index in [4.69, 9.17) is 0 Å². The van der Waals surface area contributed by atoms with Crippen LogP contribution in [0, 0.1) is 6.92 Å². The number of pyridine rings is 1. The van der Waals surface area contributed by atoms with Crippen LogP contribution in [0.4, 0.5) is 5.82 Å². The molecule has 1 amide bonds. The minimum Gasteiger partial charge on any atom is -0.381 e. The van der Waals surface area contributed by atoms with Crippen molar-refractivity contribution in [2.24, 2.45) is 0 Å². The highest BCUT2D eigenvalue weighted by molar-refractivity contribution is 9.10. The number of nitrogens with zero attached hydrogens (tertiary/aromatic N) is 1. The lowest BCUT2D eigenvalue weighted by molar-refractivity contribution is -0.130. The molecule has 0 saturated carbocycles. The molecule has 1 heterocycles. The highest BCUT2D eigenvalue weighted by Gasteiger charge is 2.24. The van der Waals surface area contributed by atoms with E-state index < -0.39 is 11.5 Å². The second kappa shape index (κ2) is 4.28. The fourth-order valence-electron chi connectivity index (χ4n) is 0.932. The first kappa shape index (κ1) is 12.1. The lowest BCUT2D eigenvalue weighted by atomic mass is 10.1. The third-order valence-corrected chi connectivity index (χ3v) is 2.27. The first-order chi connectivity index (χ1) is 6.80. The van der Waals surface area contributed by atoms with Crippen LogP contribution >= 0.6 is 15.9 Å². The van der Waals surface area contributed by atoms with Crippen LogP contribution < -0.4 is 5.32 Å². The van der Waals surface area contributed by atoms with Gasteiger partial charge in [0.15, 0.2) is 0 Å². The van der Waals surface area contributed by atoms with E-state index in [1.54, 1.807) is 6.20 Å². The van der Waals surface area contributed by atoms with E-state index >= 15 is 0 Å². The van der Waals surface area contributed by atoms with Gasteiger partial charge in [-0.2, -0.15) is 0 Å². The fraction of sp³-hybridized carbons (Fsp3) is 0.400. The van der Waals surface area contributed by atoms with Crippen LogP contribution in [0.2, 0.25) is 0 Å². The summed E-state index contributed by atoms with van der Waals surface area (Å²) in [7, 11) is 0. The number of carbonyl (C=O) groups excluding carboxylic acids is 1. The molecular formula is C10H13BrN2O2. The maximum absolute atomic E-state index is 11.5. The van der Waals surface area contributed by atoms with Gasteiger partial charge in [0.2, 0.25) is 0 Å². The Hall–Kier alpha value is -0.940. The number of halogens is 1. The number of anilines is 1. The second-order valence-corrected chi connectivity index (χ2v) is 4.75. The molecule has 0 aliphatic rings. The van der Waals surface area contributed by atoms with Crippen LogP contribution in [0.3, 0.4) is 0 Å². The topological polar surface area (TPSA) is 62.2 Å². The zero-order valence-corrected chi connectivity index (χ0v) is 10.4. The molecule has 2 N–H and O–H groups in total. The zero-order valence-electron chi connectivity index (χ0n) is 8.84. The van der Waals surface area contributed by atoms with Crippen molar-refractivity contribution in [1.82, 2.24) is 4.98 Å². The van der Waals surface area contributed by atoms with Gasteiger partial charge in [-0.15, -0.1) is 0 Å². The molecule has 1 aromatic heterocycles. The Morgan fingerprint density at radius 2 is 2.20 bits per heavy atom. The van der Waals surface area contributed by atoms with Gasteiger partial charge in [-0.25, -0.2) is 4.98 Å². The average molecular weight is 273 g/mol. The molecule has 0 spiro atoms. The predicted octanol–water partition coefficient (Wildman–Crippen LogP) is 1.86. The van der Waals surface area contributed by atoms with Gasteiger partial charge in [-0.1, -0.05) is 0 Å². The molecule has 5 heteroatoms. The summed E-state index contributed by atoms with van der Waals surface area (Å²) in [5.41, 5.74) is -0.566. The quantitative estimate of drug-likeness (QED) is 0.864. The van der Waals surface area contributed by atoms with Crippen molar-refractivity contribution < 1.29 is 9.90 Å². The summed E-state index contributed by atoms with van der Waals surface area (Å²) in [5.74, 6) is -0.00857. The van der Waals surface area contributed by atoms with Crippen molar-refractivity contribution >= 4 is 27.7 Å². The second-order valence-electron chi connectivity index (χ2n) is 3.83. The minimum absolute atomic E-state index is 0.463. The van der Waals surface area contributed by atoms with Gasteiger partial charge < -0.3 is 10.4 Å². The average Bonchev–Trinajstić information content (AvgIpc) is 2.08. The van der Waals surface area contributed by atoms with Crippen molar-refractivity contribution in [2.45, 2.75) is 26.4 Å². The first-order valence-electron chi connectivity index (χ1n) is 4.46. The highest BCUT2D eigenvalue weighted by Crippen LogP contribution is 2.17. The largest absolute Gasteiger partial charge is 0.381 e. The smallest absolute Gasteiger partial charge is 0.256 e. The molecule has 0 unspecified atom stereocenters. The van der Waals surface area contributed by atoms with Gasteiger partial charge in [-0.3, -0.25) is 4.79 Å². The number of rotatable bonds is 2. The molecule has 0 saturated heterocycles. The summed E-state index contributed by atoms with van der Waals surface area (Å²) in [4.78, 5) is 15.5. The van der Waals surface area contributed by atoms with Gasteiger partial charge in [0.25, 0.3) is 5.91 Å². The van der Waals surface area contributed by atoms with Crippen molar-refractivity contribution in [3.05, 3.63) is 22.3 Å². The summed E-state index contributed by atoms with van der Waals surface area (Å²) >= 11 is 3.28. The Labute approximate surface area is 96.8 Å². The van der Waals surface area contributed by atoms with Crippen molar-refractivity contribution in [1.29, 1.82) is 0 Å². The Kier molecular flexibility index (Phi) is 3.46. The van der Waals surface area contributed by atoms with Crippen LogP contribution in [-0.2, 0) is 4.79 Å². The lowest BCUT2D eigenvalue weighted by Gasteiger charge is -2.16. The number of nitrogens with one attached hydrogen (secondary N) is 1. The van der Waals surface area contributed by atoms with E-state index in [0.717, 1.165) is 10.0 Å². The van der Waals surface area contributed by atoms with Gasteiger partial charge in [-0.05, 0) is 48.3 Å². The molecule has 82 valence electrons. The molecule has 0 aliphatic heterocycles. The van der Waals surface area contributed by atoms with Gasteiger partial charge >= 0.3 is 0 Å². The van der Waals surface area contributed by atoms with Crippen LogP contribution in [0.15, 0.2) is 16.7 Å². The van der Waals surface area contributed by atoms with Gasteiger partial charge in [0.05, 0.1) is 0 Å². The molecule has 0 atom stereocenters. The van der Waals surface area contributed by atoms with Crippen molar-refractivity contribution in [2.75, 3.05) is 5.32 Å². The minimum atomic E-state index is -1.40. The molecule has 0 aliphatic carbocycles. The Balaban J connectivity index is 2.87. The van der Waals surface area contributed by atoms with Crippen LogP contribution in [-0.4, -0.2) is 21.6 Å². The normalized spacial score (nSPS) is 11.3. The zero-order chi connectivity index (χ0) is 11.6. The van der Waals surface area contributed by atoms with Crippen LogP contribution in [0.1, 0.15) is 19.4 Å². The maximum Gasteiger partial charge on any atom is 0.256 e. The number of aliphatic hydroxyl groups is 1. The standard InChI is InChI=1S/C10H13BrN2O2/c1-6-4-7(11)5-12-8(6)13-9(14)10(2,3)15/h4-5,15H,1-3H3,(H,12,13,14). The summed E-state index contributed by atoms with van der Waals surface area (Å²) < 4.78 is 0.848.